The SMILES string of the molecule is COc1ccccc1C(C)Nc1ccc([N+](=O)[O-])c(Br)c1. The molecule has 21 heavy (non-hydrogen) atoms. The highest BCUT2D eigenvalue weighted by Crippen LogP contribution is 2.31. The summed E-state index contributed by atoms with van der Waals surface area (Å²) in [7, 11) is 1.63. The van der Waals surface area contributed by atoms with Gasteiger partial charge in [-0.2, -0.15) is 0 Å². The van der Waals surface area contributed by atoms with E-state index in [9.17, 15) is 10.1 Å². The lowest BCUT2D eigenvalue weighted by Crippen LogP contribution is -2.08. The number of nitro groups is 1. The van der Waals surface area contributed by atoms with Crippen LogP contribution in [0.3, 0.4) is 0 Å². The van der Waals surface area contributed by atoms with Gasteiger partial charge in [-0.05, 0) is 41.1 Å². The fourth-order valence-corrected chi connectivity index (χ4v) is 2.62. The average molecular weight is 351 g/mol. The first-order valence-corrected chi connectivity index (χ1v) is 7.15. The molecule has 0 saturated carbocycles. The van der Waals surface area contributed by atoms with Gasteiger partial charge in [-0.15, -0.1) is 0 Å². The summed E-state index contributed by atoms with van der Waals surface area (Å²) in [4.78, 5) is 10.4. The Labute approximate surface area is 131 Å². The Bertz CT molecular complexity index is 661. The smallest absolute Gasteiger partial charge is 0.283 e. The van der Waals surface area contributed by atoms with E-state index in [-0.39, 0.29) is 11.7 Å². The molecule has 6 heteroatoms. The van der Waals surface area contributed by atoms with Crippen LogP contribution in [-0.4, -0.2) is 12.0 Å². The largest absolute Gasteiger partial charge is 0.496 e. The zero-order valence-corrected chi connectivity index (χ0v) is 13.3. The van der Waals surface area contributed by atoms with Crippen molar-refractivity contribution in [2.75, 3.05) is 12.4 Å². The number of benzene rings is 2. The van der Waals surface area contributed by atoms with Crippen LogP contribution in [0.2, 0.25) is 0 Å². The van der Waals surface area contributed by atoms with Gasteiger partial charge in [0.25, 0.3) is 5.69 Å². The maximum absolute atomic E-state index is 10.8. The van der Waals surface area contributed by atoms with Gasteiger partial charge in [0, 0.05) is 17.3 Å². The van der Waals surface area contributed by atoms with Crippen molar-refractivity contribution in [3.05, 3.63) is 62.6 Å². The van der Waals surface area contributed by atoms with Gasteiger partial charge in [0.2, 0.25) is 0 Å². The molecule has 0 bridgehead atoms. The van der Waals surface area contributed by atoms with E-state index in [1.165, 1.54) is 6.07 Å². The first-order valence-electron chi connectivity index (χ1n) is 6.36. The second kappa shape index (κ2) is 6.58. The van der Waals surface area contributed by atoms with Gasteiger partial charge >= 0.3 is 0 Å². The van der Waals surface area contributed by atoms with Crippen LogP contribution >= 0.6 is 15.9 Å². The topological polar surface area (TPSA) is 64.4 Å². The van der Waals surface area contributed by atoms with Gasteiger partial charge in [0.05, 0.1) is 22.5 Å². The van der Waals surface area contributed by atoms with E-state index in [2.05, 4.69) is 21.2 Å². The summed E-state index contributed by atoms with van der Waals surface area (Å²) in [6.07, 6.45) is 0. The predicted molar refractivity (Wildman–Crippen MR) is 85.8 cm³/mol. The maximum atomic E-state index is 10.8. The zero-order chi connectivity index (χ0) is 15.4. The Morgan fingerprint density at radius 1 is 1.29 bits per heavy atom. The van der Waals surface area contributed by atoms with Crippen molar-refractivity contribution in [3.63, 3.8) is 0 Å². The van der Waals surface area contributed by atoms with Crippen LogP contribution in [-0.2, 0) is 0 Å². The second-order valence-corrected chi connectivity index (χ2v) is 5.39. The van der Waals surface area contributed by atoms with E-state index in [0.29, 0.717) is 4.47 Å². The molecule has 0 amide bonds. The quantitative estimate of drug-likeness (QED) is 0.635. The number of hydrogen-bond donors (Lipinski definition) is 1. The highest BCUT2D eigenvalue weighted by atomic mass is 79.9. The summed E-state index contributed by atoms with van der Waals surface area (Å²) >= 11 is 3.22. The number of ether oxygens (including phenoxy) is 1. The Hall–Kier alpha value is -2.08. The van der Waals surface area contributed by atoms with E-state index >= 15 is 0 Å². The van der Waals surface area contributed by atoms with Crippen LogP contribution in [0.25, 0.3) is 0 Å². The minimum atomic E-state index is -0.419. The van der Waals surface area contributed by atoms with Crippen molar-refractivity contribution in [2.45, 2.75) is 13.0 Å². The Balaban J connectivity index is 2.21. The van der Waals surface area contributed by atoms with Crippen LogP contribution in [0.4, 0.5) is 11.4 Å². The first kappa shape index (κ1) is 15.3. The number of para-hydroxylation sites is 1. The average Bonchev–Trinajstić information content (AvgIpc) is 2.46. The van der Waals surface area contributed by atoms with Gasteiger partial charge in [0.15, 0.2) is 0 Å². The van der Waals surface area contributed by atoms with E-state index in [1.807, 2.05) is 31.2 Å². The van der Waals surface area contributed by atoms with E-state index in [4.69, 9.17) is 4.74 Å². The third-order valence-electron chi connectivity index (χ3n) is 3.13. The second-order valence-electron chi connectivity index (χ2n) is 4.53. The van der Waals surface area contributed by atoms with Crippen LogP contribution < -0.4 is 10.1 Å². The molecule has 1 atom stereocenters. The van der Waals surface area contributed by atoms with Crippen LogP contribution in [0.1, 0.15) is 18.5 Å². The Morgan fingerprint density at radius 2 is 2.00 bits per heavy atom. The molecule has 1 unspecified atom stereocenters. The summed E-state index contributed by atoms with van der Waals surface area (Å²) in [6, 6.07) is 12.6. The molecule has 2 rings (SSSR count). The summed E-state index contributed by atoms with van der Waals surface area (Å²) in [6.45, 7) is 2.01. The van der Waals surface area contributed by atoms with Gasteiger partial charge in [-0.1, -0.05) is 18.2 Å². The number of nitrogens with zero attached hydrogens (tertiary/aromatic N) is 1. The number of halogens is 1. The fraction of sp³-hybridized carbons (Fsp3) is 0.200. The van der Waals surface area contributed by atoms with Gasteiger partial charge in [0.1, 0.15) is 5.75 Å². The van der Waals surface area contributed by atoms with Crippen LogP contribution in [0.5, 0.6) is 5.75 Å². The molecular formula is C15H15BrN2O3. The summed E-state index contributed by atoms with van der Waals surface area (Å²) < 4.78 is 5.79. The number of nitrogens with one attached hydrogen (secondary N) is 1. The van der Waals surface area contributed by atoms with Crippen LogP contribution in [0.15, 0.2) is 46.9 Å². The molecule has 0 aliphatic rings. The molecule has 0 aromatic heterocycles. The maximum Gasteiger partial charge on any atom is 0.283 e. The monoisotopic (exact) mass is 350 g/mol. The van der Waals surface area contributed by atoms with Crippen molar-refractivity contribution in [2.24, 2.45) is 0 Å². The fourth-order valence-electron chi connectivity index (χ4n) is 2.10. The molecule has 0 radical (unpaired) electrons. The van der Waals surface area contributed by atoms with Gasteiger partial charge in [-0.25, -0.2) is 0 Å². The molecule has 0 fully saturated rings. The lowest BCUT2D eigenvalue weighted by molar-refractivity contribution is -0.385. The predicted octanol–water partition coefficient (Wildman–Crippen LogP) is 4.54. The minimum Gasteiger partial charge on any atom is -0.496 e. The molecule has 110 valence electrons. The Morgan fingerprint density at radius 3 is 2.62 bits per heavy atom. The molecule has 2 aromatic rings. The normalized spacial score (nSPS) is 11.8. The van der Waals surface area contributed by atoms with Crippen molar-refractivity contribution in [3.8, 4) is 5.75 Å². The molecule has 5 nitrogen and oxygen atoms in total. The molecule has 0 aliphatic heterocycles. The number of methoxy groups -OCH3 is 1. The molecular weight excluding hydrogens is 336 g/mol. The summed E-state index contributed by atoms with van der Waals surface area (Å²) in [5, 5.41) is 14.1. The van der Waals surface area contributed by atoms with Crippen molar-refractivity contribution in [1.29, 1.82) is 0 Å². The lowest BCUT2D eigenvalue weighted by Gasteiger charge is -2.18. The van der Waals surface area contributed by atoms with Crippen molar-refractivity contribution < 1.29 is 9.66 Å². The molecule has 0 aliphatic carbocycles. The zero-order valence-electron chi connectivity index (χ0n) is 11.7. The van der Waals surface area contributed by atoms with Crippen molar-refractivity contribution >= 4 is 27.3 Å². The highest BCUT2D eigenvalue weighted by molar-refractivity contribution is 9.10. The number of anilines is 1. The lowest BCUT2D eigenvalue weighted by atomic mass is 10.1. The molecule has 2 aromatic carbocycles. The van der Waals surface area contributed by atoms with E-state index in [0.717, 1.165) is 17.0 Å². The van der Waals surface area contributed by atoms with Gasteiger partial charge < -0.3 is 10.1 Å². The standard InChI is InChI=1S/C15H15BrN2O3/c1-10(12-5-3-4-6-15(12)21-2)17-11-7-8-14(18(19)20)13(16)9-11/h3-10,17H,1-2H3. The number of nitro benzene ring substituents is 1. The van der Waals surface area contributed by atoms with Crippen molar-refractivity contribution in [1.82, 2.24) is 0 Å². The molecule has 0 saturated heterocycles. The summed E-state index contributed by atoms with van der Waals surface area (Å²) in [5.74, 6) is 0.804. The summed E-state index contributed by atoms with van der Waals surface area (Å²) in [5.41, 5.74) is 1.87. The van der Waals surface area contributed by atoms with Gasteiger partial charge in [-0.3, -0.25) is 10.1 Å². The number of hydrogen-bond acceptors (Lipinski definition) is 4. The third-order valence-corrected chi connectivity index (χ3v) is 3.77. The van der Waals surface area contributed by atoms with Crippen LogP contribution in [0, 0.1) is 10.1 Å². The third kappa shape index (κ3) is 3.52. The Kier molecular flexibility index (Phi) is 4.80. The number of rotatable bonds is 5. The van der Waals surface area contributed by atoms with E-state index in [1.54, 1.807) is 19.2 Å². The molecule has 0 spiro atoms. The minimum absolute atomic E-state index is 0.00880. The van der Waals surface area contributed by atoms with E-state index < -0.39 is 4.92 Å². The first-order chi connectivity index (χ1) is 10.0. The molecule has 0 heterocycles. The molecule has 1 N–H and O–H groups in total. The highest BCUT2D eigenvalue weighted by Gasteiger charge is 2.14.